The van der Waals surface area contributed by atoms with Crippen molar-refractivity contribution in [2.24, 2.45) is 0 Å². The molecule has 1 aromatic heterocycles. The van der Waals surface area contributed by atoms with Crippen molar-refractivity contribution in [3.05, 3.63) is 28.5 Å². The van der Waals surface area contributed by atoms with Crippen molar-refractivity contribution in [2.45, 2.75) is 19.9 Å². The van der Waals surface area contributed by atoms with Crippen LogP contribution < -0.4 is 5.32 Å². The number of carbonyl (C=O) groups excluding carboxylic acids is 2. The van der Waals surface area contributed by atoms with Crippen LogP contribution in [-0.2, 0) is 9.59 Å². The molecule has 0 saturated carbocycles. The molecular formula is C13H16BrN3O4. The largest absolute Gasteiger partial charge is 0.480 e. The molecule has 0 aliphatic carbocycles. The first kappa shape index (κ1) is 17.1. The number of pyridine rings is 1. The van der Waals surface area contributed by atoms with Gasteiger partial charge in [0.2, 0.25) is 5.91 Å². The first-order valence-electron chi connectivity index (χ1n) is 6.21. The lowest BCUT2D eigenvalue weighted by atomic mass is 10.2. The van der Waals surface area contributed by atoms with Crippen LogP contribution in [0.2, 0.25) is 0 Å². The minimum absolute atomic E-state index is 0.0956. The Balaban J connectivity index is 2.91. The molecule has 1 heterocycles. The SMILES string of the molecule is CC(=O)NCCN(C(=O)c1cncc(Br)c1)C(C)C(=O)O. The maximum absolute atomic E-state index is 12.4. The lowest BCUT2D eigenvalue weighted by Gasteiger charge is -2.26. The zero-order valence-electron chi connectivity index (χ0n) is 11.7. The Kier molecular flexibility index (Phi) is 6.29. The molecule has 1 aromatic rings. The maximum Gasteiger partial charge on any atom is 0.326 e. The van der Waals surface area contributed by atoms with Gasteiger partial charge in [0.25, 0.3) is 5.91 Å². The van der Waals surface area contributed by atoms with Gasteiger partial charge in [0.05, 0.1) is 5.56 Å². The summed E-state index contributed by atoms with van der Waals surface area (Å²) in [5.41, 5.74) is 0.278. The van der Waals surface area contributed by atoms with Crippen LogP contribution in [0.4, 0.5) is 0 Å². The number of nitrogens with one attached hydrogen (secondary N) is 1. The van der Waals surface area contributed by atoms with E-state index in [1.165, 1.54) is 31.1 Å². The fourth-order valence-electron chi connectivity index (χ4n) is 1.65. The van der Waals surface area contributed by atoms with Crippen LogP contribution in [0.5, 0.6) is 0 Å². The van der Waals surface area contributed by atoms with E-state index < -0.39 is 17.9 Å². The number of carbonyl (C=O) groups is 3. The second kappa shape index (κ2) is 7.72. The van der Waals surface area contributed by atoms with E-state index in [0.717, 1.165) is 0 Å². The van der Waals surface area contributed by atoms with Gasteiger partial charge < -0.3 is 15.3 Å². The quantitative estimate of drug-likeness (QED) is 0.787. The molecule has 0 saturated heterocycles. The standard InChI is InChI=1S/C13H16BrN3O4/c1-8(13(20)21)17(4-3-16-9(2)18)12(19)10-5-11(14)7-15-6-10/h5-8H,3-4H2,1-2H3,(H,16,18)(H,20,21). The molecule has 2 amide bonds. The van der Waals surface area contributed by atoms with Crippen molar-refractivity contribution in [1.29, 1.82) is 0 Å². The molecule has 114 valence electrons. The molecule has 0 bridgehead atoms. The topological polar surface area (TPSA) is 99.6 Å². The van der Waals surface area contributed by atoms with E-state index in [1.54, 1.807) is 6.07 Å². The van der Waals surface area contributed by atoms with Crippen LogP contribution in [0.25, 0.3) is 0 Å². The number of hydrogen-bond acceptors (Lipinski definition) is 4. The van der Waals surface area contributed by atoms with Crippen LogP contribution in [-0.4, -0.2) is 51.9 Å². The molecule has 0 aliphatic heterocycles. The third-order valence-corrected chi connectivity index (χ3v) is 3.20. The van der Waals surface area contributed by atoms with Gasteiger partial charge in [0.1, 0.15) is 6.04 Å². The molecule has 1 rings (SSSR count). The van der Waals surface area contributed by atoms with Crippen LogP contribution in [0.1, 0.15) is 24.2 Å². The highest BCUT2D eigenvalue weighted by Gasteiger charge is 2.26. The summed E-state index contributed by atoms with van der Waals surface area (Å²) in [5, 5.41) is 11.6. The summed E-state index contributed by atoms with van der Waals surface area (Å²) in [7, 11) is 0. The summed E-state index contributed by atoms with van der Waals surface area (Å²) in [6, 6.07) is 0.556. The van der Waals surface area contributed by atoms with Gasteiger partial charge in [-0.1, -0.05) is 0 Å². The molecule has 21 heavy (non-hydrogen) atoms. The van der Waals surface area contributed by atoms with Gasteiger partial charge in [-0.25, -0.2) is 4.79 Å². The monoisotopic (exact) mass is 357 g/mol. The van der Waals surface area contributed by atoms with E-state index in [1.807, 2.05) is 0 Å². The highest BCUT2D eigenvalue weighted by molar-refractivity contribution is 9.10. The molecule has 0 fully saturated rings. The van der Waals surface area contributed by atoms with Crippen molar-refractivity contribution < 1.29 is 19.5 Å². The predicted molar refractivity (Wildman–Crippen MR) is 78.8 cm³/mol. The number of nitrogens with zero attached hydrogens (tertiary/aromatic N) is 2. The molecule has 1 unspecified atom stereocenters. The summed E-state index contributed by atoms with van der Waals surface area (Å²) in [5.74, 6) is -1.81. The van der Waals surface area contributed by atoms with E-state index in [-0.39, 0.29) is 24.6 Å². The summed E-state index contributed by atoms with van der Waals surface area (Å²) in [4.78, 5) is 39.5. The number of hydrogen-bond donors (Lipinski definition) is 2. The first-order chi connectivity index (χ1) is 9.82. The number of rotatable bonds is 6. The number of aromatic nitrogens is 1. The fraction of sp³-hybridized carbons (Fsp3) is 0.385. The molecule has 1 atom stereocenters. The van der Waals surface area contributed by atoms with Crippen molar-refractivity contribution in [1.82, 2.24) is 15.2 Å². The molecule has 0 radical (unpaired) electrons. The minimum Gasteiger partial charge on any atom is -0.480 e. The number of carboxylic acid groups (broad SMARTS) is 1. The number of amides is 2. The van der Waals surface area contributed by atoms with Gasteiger partial charge in [-0.05, 0) is 28.9 Å². The number of carboxylic acids is 1. The Morgan fingerprint density at radius 3 is 2.62 bits per heavy atom. The highest BCUT2D eigenvalue weighted by Crippen LogP contribution is 2.13. The van der Waals surface area contributed by atoms with Crippen LogP contribution in [0.15, 0.2) is 22.9 Å². The summed E-state index contributed by atoms with van der Waals surface area (Å²) < 4.78 is 0.623. The van der Waals surface area contributed by atoms with Gasteiger partial charge in [-0.15, -0.1) is 0 Å². The van der Waals surface area contributed by atoms with Gasteiger partial charge in [0, 0.05) is 36.9 Å². The summed E-state index contributed by atoms with van der Waals surface area (Å²) in [6.45, 7) is 3.04. The Hall–Kier alpha value is -1.96. The zero-order valence-corrected chi connectivity index (χ0v) is 13.3. The van der Waals surface area contributed by atoms with E-state index >= 15 is 0 Å². The van der Waals surface area contributed by atoms with Crippen LogP contribution in [0, 0.1) is 0 Å². The van der Waals surface area contributed by atoms with Crippen molar-refractivity contribution >= 4 is 33.7 Å². The molecule has 0 aliphatic rings. The average molecular weight is 358 g/mol. The van der Waals surface area contributed by atoms with E-state index in [2.05, 4.69) is 26.2 Å². The second-order valence-corrected chi connectivity index (χ2v) is 5.30. The maximum atomic E-state index is 12.4. The van der Waals surface area contributed by atoms with Crippen LogP contribution >= 0.6 is 15.9 Å². The van der Waals surface area contributed by atoms with Crippen molar-refractivity contribution in [3.63, 3.8) is 0 Å². The smallest absolute Gasteiger partial charge is 0.326 e. The Labute approximate surface area is 130 Å². The molecule has 7 nitrogen and oxygen atoms in total. The molecule has 0 aromatic carbocycles. The van der Waals surface area contributed by atoms with E-state index in [4.69, 9.17) is 5.11 Å². The third kappa shape index (κ3) is 5.14. The first-order valence-corrected chi connectivity index (χ1v) is 7.01. The Morgan fingerprint density at radius 2 is 2.10 bits per heavy atom. The lowest BCUT2D eigenvalue weighted by Crippen LogP contribution is -2.46. The summed E-state index contributed by atoms with van der Waals surface area (Å²) in [6.07, 6.45) is 2.89. The summed E-state index contributed by atoms with van der Waals surface area (Å²) >= 11 is 3.21. The zero-order chi connectivity index (χ0) is 16.0. The van der Waals surface area contributed by atoms with Crippen molar-refractivity contribution in [2.75, 3.05) is 13.1 Å². The molecule has 8 heteroatoms. The normalized spacial score (nSPS) is 11.6. The second-order valence-electron chi connectivity index (χ2n) is 4.39. The Bertz CT molecular complexity index is 550. The van der Waals surface area contributed by atoms with Gasteiger partial charge >= 0.3 is 5.97 Å². The molecule has 2 N–H and O–H groups in total. The van der Waals surface area contributed by atoms with Crippen LogP contribution in [0.3, 0.4) is 0 Å². The Morgan fingerprint density at radius 1 is 1.43 bits per heavy atom. The number of aliphatic carboxylic acids is 1. The number of halogens is 1. The van der Waals surface area contributed by atoms with E-state index in [0.29, 0.717) is 4.47 Å². The fourth-order valence-corrected chi connectivity index (χ4v) is 2.02. The molecule has 0 spiro atoms. The van der Waals surface area contributed by atoms with Crippen molar-refractivity contribution in [3.8, 4) is 0 Å². The van der Waals surface area contributed by atoms with E-state index in [9.17, 15) is 14.4 Å². The highest BCUT2D eigenvalue weighted by atomic mass is 79.9. The van der Waals surface area contributed by atoms with Gasteiger partial charge in [-0.3, -0.25) is 14.6 Å². The average Bonchev–Trinajstić information content (AvgIpc) is 2.42. The minimum atomic E-state index is -1.12. The van der Waals surface area contributed by atoms with Gasteiger partial charge in [0.15, 0.2) is 0 Å². The third-order valence-electron chi connectivity index (χ3n) is 2.76. The lowest BCUT2D eigenvalue weighted by molar-refractivity contribution is -0.141. The molecular weight excluding hydrogens is 342 g/mol. The van der Waals surface area contributed by atoms with Gasteiger partial charge in [-0.2, -0.15) is 0 Å². The predicted octanol–water partition coefficient (Wildman–Crippen LogP) is 0.895.